The van der Waals surface area contributed by atoms with Gasteiger partial charge in [-0.25, -0.2) is 0 Å². The Morgan fingerprint density at radius 3 is 1.53 bits per heavy atom. The molecule has 3 aliphatic rings. The van der Waals surface area contributed by atoms with E-state index in [0.29, 0.717) is 0 Å². The Hall–Kier alpha value is -8.83. The number of anilines is 3. The first-order valence-electron chi connectivity index (χ1n) is 25.0. The van der Waals surface area contributed by atoms with Gasteiger partial charge < -0.3 is 14.1 Å². The average Bonchev–Trinajstić information content (AvgIpc) is 4.08. The van der Waals surface area contributed by atoms with E-state index in [2.05, 4.69) is 254 Å². The number of fused-ring (bicyclic) bond motifs is 15. The topological polar surface area (TPSA) is 25.6 Å². The Morgan fingerprint density at radius 2 is 0.877 bits per heavy atom. The predicted octanol–water partition coefficient (Wildman–Crippen LogP) is 18.2. The molecule has 0 saturated carbocycles. The lowest BCUT2D eigenvalue weighted by Gasteiger charge is -2.40. The van der Waals surface area contributed by atoms with Crippen molar-refractivity contribution in [1.29, 1.82) is 0 Å². The maximum Gasteiger partial charge on any atom is 0.137 e. The number of furan rings is 1. The Kier molecular flexibility index (Phi) is 9.09. The minimum absolute atomic E-state index is 0.581. The van der Waals surface area contributed by atoms with Crippen molar-refractivity contribution in [3.63, 3.8) is 0 Å². The van der Waals surface area contributed by atoms with Gasteiger partial charge in [-0.05, 0) is 146 Å². The number of aryl methyl sites for hydroxylation is 1. The van der Waals surface area contributed by atoms with Gasteiger partial charge >= 0.3 is 0 Å². The van der Waals surface area contributed by atoms with E-state index >= 15 is 0 Å². The molecule has 1 aromatic heterocycles. The Balaban J connectivity index is 0.933. The third kappa shape index (κ3) is 5.78. The minimum Gasteiger partial charge on any atom is -0.457 e. The third-order valence-electron chi connectivity index (χ3n) is 16.1. The van der Waals surface area contributed by atoms with Gasteiger partial charge in [0, 0.05) is 32.8 Å². The molecular weight excluding hydrogens is 907 g/mol. The van der Waals surface area contributed by atoms with Gasteiger partial charge in [0.1, 0.15) is 22.7 Å². The number of benzene rings is 11. The first-order chi connectivity index (χ1) is 36.0. The molecule has 0 radical (unpaired) electrons. The summed E-state index contributed by atoms with van der Waals surface area (Å²) in [5.41, 5.74) is 21.7. The zero-order chi connectivity index (χ0) is 48.4. The van der Waals surface area contributed by atoms with Crippen LogP contribution in [0.4, 0.5) is 17.1 Å². The Morgan fingerprint density at radius 1 is 0.370 bits per heavy atom. The maximum absolute atomic E-state index is 6.92. The summed E-state index contributed by atoms with van der Waals surface area (Å²) in [6.07, 6.45) is 0. The van der Waals surface area contributed by atoms with Crippen LogP contribution in [0.1, 0.15) is 50.1 Å². The third-order valence-corrected chi connectivity index (χ3v) is 16.5. The summed E-state index contributed by atoms with van der Waals surface area (Å²) < 4.78 is 13.5. The van der Waals surface area contributed by atoms with Crippen LogP contribution in [0.15, 0.2) is 258 Å². The lowest BCUT2D eigenvalue weighted by molar-refractivity contribution is 0.436. The van der Waals surface area contributed by atoms with E-state index in [9.17, 15) is 0 Å². The summed E-state index contributed by atoms with van der Waals surface area (Å²) in [6.45, 7) is 2.24. The van der Waals surface area contributed by atoms with E-state index in [1.165, 1.54) is 55.6 Å². The molecule has 0 unspecified atom stereocenters. The van der Waals surface area contributed by atoms with Crippen LogP contribution in [0, 0.1) is 6.92 Å². The molecule has 1 aliphatic heterocycles. The monoisotopic (exact) mass is 951 g/mol. The van der Waals surface area contributed by atoms with Crippen LogP contribution in [-0.4, -0.2) is 0 Å². The van der Waals surface area contributed by atoms with Crippen LogP contribution >= 0.6 is 12.6 Å². The van der Waals surface area contributed by atoms with E-state index < -0.39 is 10.8 Å². The van der Waals surface area contributed by atoms with Gasteiger partial charge in [-0.15, -0.1) is 12.6 Å². The van der Waals surface area contributed by atoms with Crippen molar-refractivity contribution in [2.24, 2.45) is 0 Å². The van der Waals surface area contributed by atoms with Crippen LogP contribution in [0.2, 0.25) is 0 Å². The zero-order valence-electron chi connectivity index (χ0n) is 39.9. The standard InChI is InChI=1S/C69H45NO2S/c1-43-17-2-8-23-53(43)68(54-24-9-3-18-48(54)49-19-4-10-25-55(49)68)60-41-45(35-40-66(60)73)44-33-36-46(37-34-44)70(61-29-16-32-65-67(61)52-22-7-14-30-62(52)71-65)47-38-39-64-59(42-47)69(58-28-13-15-31-63(58)72-64)56-26-11-5-20-50(56)51-21-6-12-27-57(51)69/h2-42,73H,1H3. The second-order valence-corrected chi connectivity index (χ2v) is 20.1. The molecule has 12 aromatic rings. The van der Waals surface area contributed by atoms with Crippen LogP contribution in [0.5, 0.6) is 11.5 Å². The van der Waals surface area contributed by atoms with Gasteiger partial charge in [0.15, 0.2) is 0 Å². The van der Waals surface area contributed by atoms with Crippen LogP contribution in [0.25, 0.3) is 55.3 Å². The van der Waals surface area contributed by atoms with Crippen molar-refractivity contribution < 1.29 is 9.15 Å². The normalized spacial score (nSPS) is 13.9. The molecule has 2 aliphatic carbocycles. The van der Waals surface area contributed by atoms with Crippen LogP contribution in [-0.2, 0) is 10.8 Å². The fourth-order valence-corrected chi connectivity index (χ4v) is 13.4. The van der Waals surface area contributed by atoms with Crippen molar-refractivity contribution in [2.45, 2.75) is 22.6 Å². The van der Waals surface area contributed by atoms with E-state index in [1.807, 2.05) is 6.07 Å². The fraction of sp³-hybridized carbons (Fsp3) is 0.0435. The lowest BCUT2D eigenvalue weighted by atomic mass is 9.66. The van der Waals surface area contributed by atoms with Crippen molar-refractivity contribution >= 4 is 51.6 Å². The van der Waals surface area contributed by atoms with Gasteiger partial charge in [-0.3, -0.25) is 0 Å². The molecule has 15 rings (SSSR count). The summed E-state index contributed by atoms with van der Waals surface area (Å²) >= 11 is 5.32. The quantitative estimate of drug-likeness (QED) is 0.168. The first kappa shape index (κ1) is 41.9. The van der Waals surface area contributed by atoms with E-state index in [1.54, 1.807) is 0 Å². The van der Waals surface area contributed by atoms with E-state index in [4.69, 9.17) is 21.8 Å². The molecule has 2 heterocycles. The zero-order valence-corrected chi connectivity index (χ0v) is 40.8. The molecule has 0 N–H and O–H groups in total. The number of hydrogen-bond donors (Lipinski definition) is 1. The fourth-order valence-electron chi connectivity index (χ4n) is 13.1. The van der Waals surface area contributed by atoms with Crippen molar-refractivity contribution in [3.05, 3.63) is 299 Å². The van der Waals surface area contributed by atoms with E-state index in [-0.39, 0.29) is 0 Å². The maximum atomic E-state index is 6.92. The molecule has 1 spiro atoms. The highest BCUT2D eigenvalue weighted by Crippen LogP contribution is 2.63. The van der Waals surface area contributed by atoms with Crippen molar-refractivity contribution in [3.8, 4) is 44.9 Å². The van der Waals surface area contributed by atoms with Gasteiger partial charge in [-0.1, -0.05) is 182 Å². The SMILES string of the molecule is Cc1ccccc1C1(c2cc(-c3ccc(N(c4ccc5c(c4)C4(c6ccccc6O5)c5ccccc5-c5ccccc54)c4cccc5oc6ccccc6c45)cc3)ccc2S)c2ccccc2-c2ccccc21. The predicted molar refractivity (Wildman–Crippen MR) is 301 cm³/mol. The van der Waals surface area contributed by atoms with Gasteiger partial charge in [0.05, 0.1) is 21.9 Å². The highest BCUT2D eigenvalue weighted by molar-refractivity contribution is 7.80. The van der Waals surface area contributed by atoms with Crippen molar-refractivity contribution in [1.82, 2.24) is 0 Å². The Labute approximate surface area is 429 Å². The summed E-state index contributed by atoms with van der Waals surface area (Å²) in [4.78, 5) is 3.35. The second kappa shape index (κ2) is 15.8. The van der Waals surface area contributed by atoms with Crippen LogP contribution in [0.3, 0.4) is 0 Å². The molecule has 73 heavy (non-hydrogen) atoms. The van der Waals surface area contributed by atoms with E-state index in [0.717, 1.165) is 83.2 Å². The van der Waals surface area contributed by atoms with Gasteiger partial charge in [0.25, 0.3) is 0 Å². The number of ether oxygens (including phenoxy) is 1. The molecule has 0 bridgehead atoms. The number of rotatable bonds is 6. The van der Waals surface area contributed by atoms with Crippen LogP contribution < -0.4 is 9.64 Å². The number of para-hydroxylation sites is 2. The highest BCUT2D eigenvalue weighted by Gasteiger charge is 2.51. The molecule has 0 atom stereocenters. The average molecular weight is 952 g/mol. The number of thiol groups is 1. The summed E-state index contributed by atoms with van der Waals surface area (Å²) in [6, 6.07) is 90.4. The molecule has 4 heteroatoms. The summed E-state index contributed by atoms with van der Waals surface area (Å²) in [7, 11) is 0. The van der Waals surface area contributed by atoms with Gasteiger partial charge in [-0.2, -0.15) is 0 Å². The smallest absolute Gasteiger partial charge is 0.137 e. The number of nitrogens with zero attached hydrogens (tertiary/aromatic N) is 1. The molecule has 0 fully saturated rings. The molecule has 344 valence electrons. The minimum atomic E-state index is -0.621. The molecule has 0 amide bonds. The molecule has 3 nitrogen and oxygen atoms in total. The second-order valence-electron chi connectivity index (χ2n) is 19.6. The van der Waals surface area contributed by atoms with Crippen molar-refractivity contribution in [2.75, 3.05) is 4.90 Å². The molecular formula is C69H45NO2S. The lowest BCUT2D eigenvalue weighted by Crippen LogP contribution is -2.32. The Bertz CT molecular complexity index is 4150. The largest absolute Gasteiger partial charge is 0.457 e. The summed E-state index contributed by atoms with van der Waals surface area (Å²) in [5.74, 6) is 1.72. The highest BCUT2D eigenvalue weighted by atomic mass is 32.1. The van der Waals surface area contributed by atoms with Gasteiger partial charge in [0.2, 0.25) is 0 Å². The first-order valence-corrected chi connectivity index (χ1v) is 25.5. The molecule has 11 aromatic carbocycles. The molecule has 0 saturated heterocycles. The number of hydrogen-bond acceptors (Lipinski definition) is 4. The summed E-state index contributed by atoms with van der Waals surface area (Å²) in [5, 5.41) is 2.12.